The predicted octanol–water partition coefficient (Wildman–Crippen LogP) is 8.64. The van der Waals surface area contributed by atoms with Crippen molar-refractivity contribution in [2.24, 2.45) is 23.7 Å². The summed E-state index contributed by atoms with van der Waals surface area (Å²) in [5.74, 6) is -0.333. The number of ketones is 2. The molecule has 0 radical (unpaired) electrons. The van der Waals surface area contributed by atoms with Crippen molar-refractivity contribution in [1.29, 1.82) is 0 Å². The average Bonchev–Trinajstić information content (AvgIpc) is 3.64. The fraction of sp³-hybridized carbons (Fsp3) is 0.791. The third kappa shape index (κ3) is 37.2. The third-order valence-corrected chi connectivity index (χ3v) is 16.2. The summed E-state index contributed by atoms with van der Waals surface area (Å²) in [6, 6.07) is 0. The standard InChI is InChI=1S/C67H112N2O19/c1-52(15-9-7-10-16-54(3)64(77-6)49-60-17-13-18-63(87-60)65(74)66(75)69-28-11-8-12-29-69)47-55(4)61(72)50-62(73)56(5)48-53(2)19-23-58(86-51-71)24-20-57-21-25-59(26-22-57)88-67(76)68-27-32-79-34-36-81-38-40-83-42-44-85-46-45-84-43-41-82-39-37-80-35-33-78-31-14-30-70/h7,9-10,15-16,30,48,51-53,55,57-60,62-64,73H,8,11-14,17-29,31-47,49-50H2,1-6H3,(H,68,76)/b10-7+,15-9+,54-16+,56-48+. The van der Waals surface area contributed by atoms with Gasteiger partial charge in [0.25, 0.3) is 12.4 Å². The predicted molar refractivity (Wildman–Crippen MR) is 334 cm³/mol. The lowest BCUT2D eigenvalue weighted by molar-refractivity contribution is -0.157. The summed E-state index contributed by atoms with van der Waals surface area (Å²) < 4.78 is 66.8. The highest BCUT2D eigenvalue weighted by atomic mass is 16.6. The number of carbonyl (C=O) groups excluding carboxylic acids is 6. The first kappa shape index (κ1) is 78.0. The number of methoxy groups -OCH3 is 1. The second-order valence-electron chi connectivity index (χ2n) is 23.6. The molecule has 0 aromatic heterocycles. The zero-order valence-corrected chi connectivity index (χ0v) is 54.3. The van der Waals surface area contributed by atoms with Crippen LogP contribution < -0.4 is 5.32 Å². The molecule has 0 aromatic rings. The number of nitrogens with zero attached hydrogens (tertiary/aromatic N) is 1. The van der Waals surface area contributed by atoms with E-state index in [0.717, 1.165) is 94.5 Å². The van der Waals surface area contributed by atoms with E-state index in [1.165, 1.54) is 0 Å². The lowest BCUT2D eigenvalue weighted by Gasteiger charge is -2.33. The van der Waals surface area contributed by atoms with E-state index in [9.17, 15) is 33.9 Å². The molecule has 2 aliphatic heterocycles. The molecule has 2 N–H and O–H groups in total. The summed E-state index contributed by atoms with van der Waals surface area (Å²) in [6.45, 7) is 19.2. The molecule has 2 heterocycles. The molecule has 21 heteroatoms. The van der Waals surface area contributed by atoms with Crippen molar-refractivity contribution in [2.45, 2.75) is 187 Å². The van der Waals surface area contributed by atoms with Crippen LogP contribution in [0.3, 0.4) is 0 Å². The van der Waals surface area contributed by atoms with Crippen LogP contribution in [0.15, 0.2) is 47.6 Å². The maximum Gasteiger partial charge on any atom is 0.407 e. The number of alkyl carbamates (subject to hydrolysis) is 1. The third-order valence-electron chi connectivity index (χ3n) is 16.2. The molecular formula is C67H112N2O19. The number of hydrogen-bond acceptors (Lipinski definition) is 19. The lowest BCUT2D eigenvalue weighted by atomic mass is 9.83. The molecule has 88 heavy (non-hydrogen) atoms. The maximum atomic E-state index is 13.3. The topological polar surface area (TPSA) is 249 Å². The minimum atomic E-state index is -0.873. The fourth-order valence-electron chi connectivity index (χ4n) is 10.9. The number of aliphatic hydroxyl groups excluding tert-OH is 1. The highest BCUT2D eigenvalue weighted by molar-refractivity contribution is 6.37. The van der Waals surface area contributed by atoms with Crippen LogP contribution in [0, 0.1) is 23.7 Å². The second-order valence-corrected chi connectivity index (χ2v) is 23.6. The molecule has 3 fully saturated rings. The number of likely N-dealkylation sites (tertiary alicyclic amines) is 1. The van der Waals surface area contributed by atoms with Crippen molar-refractivity contribution < 1.29 is 90.7 Å². The lowest BCUT2D eigenvalue weighted by Crippen LogP contribution is -2.46. The second kappa shape index (κ2) is 50.4. The van der Waals surface area contributed by atoms with Crippen LogP contribution in [-0.2, 0) is 80.8 Å². The molecule has 3 rings (SSSR count). The van der Waals surface area contributed by atoms with Crippen molar-refractivity contribution in [1.82, 2.24) is 10.2 Å². The Morgan fingerprint density at radius 3 is 1.80 bits per heavy atom. The van der Waals surface area contributed by atoms with E-state index in [1.54, 1.807) is 12.0 Å². The SMILES string of the molecule is COC(CC1CCCC(C(=O)C(=O)N2CCCCC2)O1)/C(C)=C/C=C/C=C/C(C)CC(C)C(=O)CC(O)/C(C)=C/C(C)CCC(CCC1CCC(OC(=O)NCCOCCOCCOCCOCCOCCOCCOCCOCCC=O)CC1)OC=O. The van der Waals surface area contributed by atoms with Crippen LogP contribution in [0.2, 0.25) is 0 Å². The fourth-order valence-corrected chi connectivity index (χ4v) is 10.9. The number of piperidine rings is 1. The summed E-state index contributed by atoms with van der Waals surface area (Å²) in [4.78, 5) is 74.9. The van der Waals surface area contributed by atoms with E-state index >= 15 is 0 Å². The summed E-state index contributed by atoms with van der Waals surface area (Å²) in [6.07, 6.45) is 23.5. The zero-order chi connectivity index (χ0) is 63.8. The van der Waals surface area contributed by atoms with E-state index in [4.69, 9.17) is 56.8 Å². The Balaban J connectivity index is 1.17. The van der Waals surface area contributed by atoms with Crippen molar-refractivity contribution in [3.8, 4) is 0 Å². The van der Waals surface area contributed by atoms with Crippen LogP contribution in [0.1, 0.15) is 150 Å². The van der Waals surface area contributed by atoms with Gasteiger partial charge in [-0.2, -0.15) is 0 Å². The van der Waals surface area contributed by atoms with Gasteiger partial charge in [-0.05, 0) is 139 Å². The van der Waals surface area contributed by atoms with Gasteiger partial charge < -0.3 is 77.0 Å². The first-order valence-corrected chi connectivity index (χ1v) is 32.8. The van der Waals surface area contributed by atoms with Gasteiger partial charge in [0.2, 0.25) is 5.78 Å². The Bertz CT molecular complexity index is 2000. The number of hydrogen-bond donors (Lipinski definition) is 2. The number of aldehydes is 1. The Morgan fingerprint density at radius 2 is 1.23 bits per heavy atom. The smallest absolute Gasteiger partial charge is 0.407 e. The van der Waals surface area contributed by atoms with Crippen molar-refractivity contribution >= 4 is 36.3 Å². The molecule has 2 amide bonds. The number of carbonyl (C=O) groups is 6. The van der Waals surface area contributed by atoms with E-state index in [2.05, 4.69) is 25.2 Å². The Labute approximate surface area is 525 Å². The van der Waals surface area contributed by atoms with Crippen LogP contribution in [0.25, 0.3) is 0 Å². The van der Waals surface area contributed by atoms with Gasteiger partial charge in [-0.15, -0.1) is 0 Å². The van der Waals surface area contributed by atoms with E-state index < -0.39 is 30.0 Å². The minimum absolute atomic E-state index is 0.0197. The first-order chi connectivity index (χ1) is 42.7. The van der Waals surface area contributed by atoms with Gasteiger partial charge in [-0.1, -0.05) is 57.2 Å². The van der Waals surface area contributed by atoms with Gasteiger partial charge in [0.05, 0.1) is 124 Å². The molecule has 0 aromatic carbocycles. The number of rotatable bonds is 52. The van der Waals surface area contributed by atoms with Gasteiger partial charge in [-0.25, -0.2) is 4.79 Å². The van der Waals surface area contributed by atoms with Crippen LogP contribution in [0.5, 0.6) is 0 Å². The van der Waals surface area contributed by atoms with Gasteiger partial charge >= 0.3 is 6.09 Å². The molecule has 1 saturated carbocycles. The van der Waals surface area contributed by atoms with Crippen molar-refractivity contribution in [3.63, 3.8) is 0 Å². The largest absolute Gasteiger partial charge is 0.465 e. The Hall–Kier alpha value is -4.26. The minimum Gasteiger partial charge on any atom is -0.465 e. The number of nitrogens with one attached hydrogen (secondary N) is 1. The summed E-state index contributed by atoms with van der Waals surface area (Å²) in [5.41, 5.74) is 1.78. The highest BCUT2D eigenvalue weighted by Crippen LogP contribution is 2.32. The van der Waals surface area contributed by atoms with Crippen molar-refractivity contribution in [3.05, 3.63) is 47.6 Å². The average molecular weight is 1250 g/mol. The molecule has 21 nitrogen and oxygen atoms in total. The zero-order valence-electron chi connectivity index (χ0n) is 54.3. The molecular weight excluding hydrogens is 1140 g/mol. The van der Waals surface area contributed by atoms with E-state index in [-0.39, 0.29) is 54.4 Å². The summed E-state index contributed by atoms with van der Waals surface area (Å²) >= 11 is 0. The number of amides is 2. The molecule has 504 valence electrons. The van der Waals surface area contributed by atoms with E-state index in [0.29, 0.717) is 170 Å². The Kier molecular flexibility index (Phi) is 44.7. The van der Waals surface area contributed by atoms with Gasteiger partial charge in [0.15, 0.2) is 0 Å². The highest BCUT2D eigenvalue weighted by Gasteiger charge is 2.36. The van der Waals surface area contributed by atoms with Crippen molar-refractivity contribution in [2.75, 3.05) is 132 Å². The molecule has 0 bridgehead atoms. The van der Waals surface area contributed by atoms with Crippen LogP contribution >= 0.6 is 0 Å². The molecule has 8 atom stereocenters. The monoisotopic (exact) mass is 1250 g/mol. The molecule has 0 spiro atoms. The number of ether oxygens (including phenoxy) is 12. The summed E-state index contributed by atoms with van der Waals surface area (Å²) in [5, 5.41) is 13.8. The quantitative estimate of drug-likeness (QED) is 0.0190. The van der Waals surface area contributed by atoms with E-state index in [1.807, 2.05) is 51.2 Å². The maximum absolute atomic E-state index is 13.3. The van der Waals surface area contributed by atoms with Gasteiger partial charge in [0.1, 0.15) is 30.4 Å². The van der Waals surface area contributed by atoms with Gasteiger partial charge in [-0.3, -0.25) is 19.2 Å². The van der Waals surface area contributed by atoms with Crippen LogP contribution in [-0.4, -0.2) is 215 Å². The van der Waals surface area contributed by atoms with Crippen LogP contribution in [0.4, 0.5) is 4.79 Å². The summed E-state index contributed by atoms with van der Waals surface area (Å²) in [7, 11) is 1.67. The Morgan fingerprint density at radius 1 is 0.648 bits per heavy atom. The normalized spacial score (nSPS) is 20.7. The molecule has 1 aliphatic carbocycles. The van der Waals surface area contributed by atoms with Gasteiger partial charge in [0, 0.05) is 51.9 Å². The number of Topliss-reactive ketones (excluding diaryl/α,β-unsaturated/α-hetero) is 2. The first-order valence-electron chi connectivity index (χ1n) is 32.8. The molecule has 2 saturated heterocycles. The number of aliphatic hydroxyl groups is 1. The molecule has 8 unspecified atom stereocenters. The number of allylic oxidation sites excluding steroid dienone is 6. The molecule has 3 aliphatic rings.